The van der Waals surface area contributed by atoms with Gasteiger partial charge in [-0.15, -0.1) is 0 Å². The van der Waals surface area contributed by atoms with Crippen molar-refractivity contribution in [2.24, 2.45) is 17.8 Å². The predicted octanol–water partition coefficient (Wildman–Crippen LogP) is 2.62. The first kappa shape index (κ1) is 19.7. The van der Waals surface area contributed by atoms with Crippen LogP contribution in [-0.4, -0.2) is 47.1 Å². The zero-order valence-electron chi connectivity index (χ0n) is 14.2. The summed E-state index contributed by atoms with van der Waals surface area (Å²) in [5.41, 5.74) is 0.581. The highest BCUT2D eigenvalue weighted by molar-refractivity contribution is 5.96. The molecule has 1 heterocycles. The molecule has 26 heavy (non-hydrogen) atoms. The fourth-order valence-corrected chi connectivity index (χ4v) is 2.72. The highest BCUT2D eigenvalue weighted by Crippen LogP contribution is 2.38. The summed E-state index contributed by atoms with van der Waals surface area (Å²) < 4.78 is 39.0. The highest BCUT2D eigenvalue weighted by atomic mass is 19.4. The molecular formula is C17H19F3N2O4. The van der Waals surface area contributed by atoms with Gasteiger partial charge >= 0.3 is 12.1 Å². The molecule has 0 unspecified atom stereocenters. The van der Waals surface area contributed by atoms with E-state index in [4.69, 9.17) is 5.11 Å². The van der Waals surface area contributed by atoms with Crippen LogP contribution in [-0.2, 0) is 9.59 Å². The Morgan fingerprint density at radius 3 is 2.15 bits per heavy atom. The molecule has 2 rings (SSSR count). The van der Waals surface area contributed by atoms with E-state index >= 15 is 0 Å². The van der Waals surface area contributed by atoms with Gasteiger partial charge in [-0.1, -0.05) is 13.8 Å². The van der Waals surface area contributed by atoms with Gasteiger partial charge in [0.1, 0.15) is 0 Å². The normalized spacial score (nSPS) is 20.3. The van der Waals surface area contributed by atoms with E-state index in [0.717, 1.165) is 4.90 Å². The van der Waals surface area contributed by atoms with E-state index in [0.29, 0.717) is 5.69 Å². The largest absolute Gasteiger partial charge is 0.481 e. The predicted molar refractivity (Wildman–Crippen MR) is 86.5 cm³/mol. The molecule has 1 saturated heterocycles. The molecule has 1 aliphatic heterocycles. The number of hydrogen-bond acceptors (Lipinski definition) is 3. The van der Waals surface area contributed by atoms with Gasteiger partial charge in [0.05, 0.1) is 11.8 Å². The minimum Gasteiger partial charge on any atom is -0.481 e. The Kier molecular flexibility index (Phi) is 5.58. The molecule has 0 spiro atoms. The van der Waals surface area contributed by atoms with Crippen molar-refractivity contribution in [1.29, 1.82) is 0 Å². The van der Waals surface area contributed by atoms with Crippen LogP contribution in [0.1, 0.15) is 24.2 Å². The number of halogens is 3. The summed E-state index contributed by atoms with van der Waals surface area (Å²) in [5.74, 6) is -6.45. The van der Waals surface area contributed by atoms with Crippen LogP contribution < -0.4 is 5.32 Å². The monoisotopic (exact) mass is 372 g/mol. The van der Waals surface area contributed by atoms with Gasteiger partial charge in [0.15, 0.2) is 0 Å². The SMILES string of the molecule is CC(C)C(=O)Nc1ccc(C(=O)N2C[C@@H](C(F)(F)F)[C@H](C(=O)O)C2)cc1. The van der Waals surface area contributed by atoms with Crippen LogP contribution in [0.25, 0.3) is 0 Å². The lowest BCUT2D eigenvalue weighted by Gasteiger charge is -2.18. The number of carboxylic acid groups (broad SMARTS) is 1. The quantitative estimate of drug-likeness (QED) is 0.851. The first-order chi connectivity index (χ1) is 12.0. The molecule has 1 aromatic carbocycles. The Morgan fingerprint density at radius 2 is 1.73 bits per heavy atom. The standard InChI is InChI=1S/C17H19F3N2O4/c1-9(2)14(23)21-11-5-3-10(4-6-11)15(24)22-7-12(16(25)26)13(8-22)17(18,19)20/h3-6,9,12-13H,7-8H2,1-2H3,(H,21,23)(H,25,26)/t12-,13-/m1/s1. The number of hydrogen-bond donors (Lipinski definition) is 2. The number of anilines is 1. The first-order valence-corrected chi connectivity index (χ1v) is 8.00. The molecule has 6 nitrogen and oxygen atoms in total. The van der Waals surface area contributed by atoms with E-state index in [1.165, 1.54) is 24.3 Å². The van der Waals surface area contributed by atoms with E-state index in [-0.39, 0.29) is 17.4 Å². The fraction of sp³-hybridized carbons (Fsp3) is 0.471. The molecule has 0 bridgehead atoms. The number of nitrogens with one attached hydrogen (secondary N) is 1. The Labute approximate surface area is 148 Å². The third kappa shape index (κ3) is 4.33. The zero-order chi connectivity index (χ0) is 19.6. The number of likely N-dealkylation sites (tertiary alicyclic amines) is 1. The zero-order valence-corrected chi connectivity index (χ0v) is 14.2. The van der Waals surface area contributed by atoms with Crippen molar-refractivity contribution in [3.63, 3.8) is 0 Å². The minimum atomic E-state index is -4.69. The van der Waals surface area contributed by atoms with Gasteiger partial charge in [-0.25, -0.2) is 0 Å². The van der Waals surface area contributed by atoms with Crippen LogP contribution in [0.2, 0.25) is 0 Å². The minimum absolute atomic E-state index is 0.125. The highest BCUT2D eigenvalue weighted by Gasteiger charge is 2.53. The van der Waals surface area contributed by atoms with Gasteiger partial charge in [0.25, 0.3) is 5.91 Å². The number of nitrogens with zero attached hydrogens (tertiary/aromatic N) is 1. The molecule has 2 N–H and O–H groups in total. The van der Waals surface area contributed by atoms with Crippen molar-refractivity contribution >= 4 is 23.5 Å². The van der Waals surface area contributed by atoms with Gasteiger partial charge in [0, 0.05) is 30.3 Å². The Hall–Kier alpha value is -2.58. The van der Waals surface area contributed by atoms with Gasteiger partial charge in [-0.2, -0.15) is 13.2 Å². The molecule has 0 aliphatic carbocycles. The Bertz CT molecular complexity index is 701. The van der Waals surface area contributed by atoms with Crippen LogP contribution in [0.15, 0.2) is 24.3 Å². The van der Waals surface area contributed by atoms with E-state index in [2.05, 4.69) is 5.32 Å². The third-order valence-corrected chi connectivity index (χ3v) is 4.27. The number of aliphatic carboxylic acids is 1. The maximum absolute atomic E-state index is 13.0. The van der Waals surface area contributed by atoms with Gasteiger partial charge in [0.2, 0.25) is 5.91 Å². The second-order valence-electron chi connectivity index (χ2n) is 6.52. The summed E-state index contributed by atoms with van der Waals surface area (Å²) in [7, 11) is 0. The maximum atomic E-state index is 13.0. The second-order valence-corrected chi connectivity index (χ2v) is 6.52. The number of alkyl halides is 3. The summed E-state index contributed by atoms with van der Waals surface area (Å²) in [4.78, 5) is 36.0. The lowest BCUT2D eigenvalue weighted by molar-refractivity contribution is -0.187. The first-order valence-electron chi connectivity index (χ1n) is 8.00. The molecule has 1 fully saturated rings. The van der Waals surface area contributed by atoms with Crippen LogP contribution >= 0.6 is 0 Å². The smallest absolute Gasteiger partial charge is 0.394 e. The van der Waals surface area contributed by atoms with Gasteiger partial charge < -0.3 is 15.3 Å². The lowest BCUT2D eigenvalue weighted by Crippen LogP contribution is -2.34. The topological polar surface area (TPSA) is 86.7 Å². The second kappa shape index (κ2) is 7.35. The number of carboxylic acids is 1. The average molecular weight is 372 g/mol. The molecule has 0 radical (unpaired) electrons. The van der Waals surface area contributed by atoms with E-state index in [9.17, 15) is 27.6 Å². The third-order valence-electron chi connectivity index (χ3n) is 4.27. The number of benzene rings is 1. The van der Waals surface area contributed by atoms with Crippen molar-refractivity contribution in [2.75, 3.05) is 18.4 Å². The maximum Gasteiger partial charge on any atom is 0.394 e. The van der Waals surface area contributed by atoms with E-state index in [1.807, 2.05) is 0 Å². The number of rotatable bonds is 4. The van der Waals surface area contributed by atoms with Crippen molar-refractivity contribution < 1.29 is 32.7 Å². The average Bonchev–Trinajstić information content (AvgIpc) is 3.00. The fourth-order valence-electron chi connectivity index (χ4n) is 2.72. The summed E-state index contributed by atoms with van der Waals surface area (Å²) in [5, 5.41) is 11.6. The van der Waals surface area contributed by atoms with Crippen molar-refractivity contribution in [3.8, 4) is 0 Å². The summed E-state index contributed by atoms with van der Waals surface area (Å²) >= 11 is 0. The van der Waals surface area contributed by atoms with Crippen LogP contribution in [0.5, 0.6) is 0 Å². The molecule has 0 saturated carbocycles. The van der Waals surface area contributed by atoms with Crippen LogP contribution in [0.4, 0.5) is 18.9 Å². The van der Waals surface area contributed by atoms with E-state index < -0.39 is 43.0 Å². The molecule has 2 atom stereocenters. The number of amides is 2. The van der Waals surface area contributed by atoms with Gasteiger partial charge in [-0.3, -0.25) is 14.4 Å². The summed E-state index contributed by atoms with van der Waals surface area (Å²) in [6, 6.07) is 5.71. The molecular weight excluding hydrogens is 353 g/mol. The molecule has 1 aliphatic rings. The molecule has 2 amide bonds. The number of carbonyl (C=O) groups excluding carboxylic acids is 2. The molecule has 1 aromatic rings. The molecule has 9 heteroatoms. The Balaban J connectivity index is 2.11. The van der Waals surface area contributed by atoms with Crippen molar-refractivity contribution in [2.45, 2.75) is 20.0 Å². The van der Waals surface area contributed by atoms with Crippen molar-refractivity contribution in [1.82, 2.24) is 4.90 Å². The summed E-state index contributed by atoms with van der Waals surface area (Å²) in [6.45, 7) is 2.25. The van der Waals surface area contributed by atoms with E-state index in [1.54, 1.807) is 13.8 Å². The summed E-state index contributed by atoms with van der Waals surface area (Å²) in [6.07, 6.45) is -4.69. The number of carbonyl (C=O) groups is 3. The van der Waals surface area contributed by atoms with Gasteiger partial charge in [-0.05, 0) is 24.3 Å². The lowest BCUT2D eigenvalue weighted by atomic mass is 9.96. The Morgan fingerprint density at radius 1 is 1.15 bits per heavy atom. The van der Waals surface area contributed by atoms with Crippen molar-refractivity contribution in [3.05, 3.63) is 29.8 Å². The molecule has 0 aromatic heterocycles. The van der Waals surface area contributed by atoms with Crippen LogP contribution in [0.3, 0.4) is 0 Å². The molecule has 142 valence electrons. The van der Waals surface area contributed by atoms with Crippen LogP contribution in [0, 0.1) is 17.8 Å².